The fraction of sp³-hybridized carbons (Fsp3) is 0.353. The fourth-order valence-electron chi connectivity index (χ4n) is 2.31. The number of carbonyl (C=O) groups is 1. The first kappa shape index (κ1) is 17.7. The van der Waals surface area contributed by atoms with Crippen LogP contribution >= 0.6 is 0 Å². The van der Waals surface area contributed by atoms with Crippen LogP contribution in [0.1, 0.15) is 23.8 Å². The zero-order valence-electron chi connectivity index (χ0n) is 14.6. The second-order valence-corrected chi connectivity index (χ2v) is 5.54. The molecule has 2 heterocycles. The molecule has 3 rings (SSSR count). The standard InChI is InChI=1S/C17H21N7O2/c1-2-26-12-6-10-18-17(25)15-9-11-23(20-15)13-24-21-16(19-22-24)14-7-4-3-5-8-14/h3-5,7-9,11H,2,6,10,12-13H2,1H3,(H,18,25). The molecule has 0 aliphatic rings. The van der Waals surface area contributed by atoms with Crippen LogP contribution in [-0.4, -0.2) is 55.7 Å². The van der Waals surface area contributed by atoms with Crippen molar-refractivity contribution < 1.29 is 9.53 Å². The molecular weight excluding hydrogens is 334 g/mol. The van der Waals surface area contributed by atoms with Crippen molar-refractivity contribution in [2.45, 2.75) is 20.0 Å². The zero-order valence-corrected chi connectivity index (χ0v) is 14.6. The minimum absolute atomic E-state index is 0.211. The third-order valence-corrected chi connectivity index (χ3v) is 3.58. The molecule has 9 heteroatoms. The van der Waals surface area contributed by atoms with E-state index in [1.54, 1.807) is 16.9 Å². The predicted octanol–water partition coefficient (Wildman–Crippen LogP) is 1.20. The molecule has 9 nitrogen and oxygen atoms in total. The number of rotatable bonds is 9. The lowest BCUT2D eigenvalue weighted by molar-refractivity contribution is 0.0938. The third-order valence-electron chi connectivity index (χ3n) is 3.58. The first-order valence-electron chi connectivity index (χ1n) is 8.49. The van der Waals surface area contributed by atoms with Crippen LogP contribution in [0.5, 0.6) is 0 Å². The van der Waals surface area contributed by atoms with E-state index in [1.165, 1.54) is 4.80 Å². The average Bonchev–Trinajstić information content (AvgIpc) is 3.32. The molecule has 0 aliphatic heterocycles. The maximum atomic E-state index is 12.1. The van der Waals surface area contributed by atoms with Crippen LogP contribution in [0.4, 0.5) is 0 Å². The van der Waals surface area contributed by atoms with Gasteiger partial charge < -0.3 is 10.1 Å². The Morgan fingerprint density at radius 2 is 2.04 bits per heavy atom. The summed E-state index contributed by atoms with van der Waals surface area (Å²) < 4.78 is 6.82. The summed E-state index contributed by atoms with van der Waals surface area (Å²) in [6, 6.07) is 11.3. The largest absolute Gasteiger partial charge is 0.382 e. The van der Waals surface area contributed by atoms with Crippen LogP contribution in [0.25, 0.3) is 11.4 Å². The zero-order chi connectivity index (χ0) is 18.2. The van der Waals surface area contributed by atoms with E-state index in [0.717, 1.165) is 12.0 Å². The topological polar surface area (TPSA) is 99.8 Å². The molecule has 1 N–H and O–H groups in total. The number of carbonyl (C=O) groups excluding carboxylic acids is 1. The highest BCUT2D eigenvalue weighted by atomic mass is 16.5. The average molecular weight is 355 g/mol. The van der Waals surface area contributed by atoms with Crippen molar-refractivity contribution in [3.63, 3.8) is 0 Å². The molecule has 2 aromatic heterocycles. The van der Waals surface area contributed by atoms with Crippen LogP contribution in [0, 0.1) is 0 Å². The van der Waals surface area contributed by atoms with Crippen molar-refractivity contribution in [3.8, 4) is 11.4 Å². The summed E-state index contributed by atoms with van der Waals surface area (Å²) >= 11 is 0. The third kappa shape index (κ3) is 4.73. The fourth-order valence-corrected chi connectivity index (χ4v) is 2.31. The molecule has 26 heavy (non-hydrogen) atoms. The van der Waals surface area contributed by atoms with Gasteiger partial charge in [-0.2, -0.15) is 5.10 Å². The van der Waals surface area contributed by atoms with Crippen molar-refractivity contribution in [2.75, 3.05) is 19.8 Å². The van der Waals surface area contributed by atoms with E-state index in [9.17, 15) is 4.79 Å². The lowest BCUT2D eigenvalue weighted by atomic mass is 10.2. The molecule has 0 saturated heterocycles. The van der Waals surface area contributed by atoms with Gasteiger partial charge in [0.1, 0.15) is 5.69 Å². The van der Waals surface area contributed by atoms with Gasteiger partial charge in [-0.15, -0.1) is 15.0 Å². The molecule has 0 fully saturated rings. The minimum Gasteiger partial charge on any atom is -0.382 e. The Kier molecular flexibility index (Phi) is 6.05. The highest BCUT2D eigenvalue weighted by Crippen LogP contribution is 2.11. The van der Waals surface area contributed by atoms with E-state index in [4.69, 9.17) is 4.74 Å². The van der Waals surface area contributed by atoms with Gasteiger partial charge in [-0.25, -0.2) is 4.68 Å². The van der Waals surface area contributed by atoms with Crippen LogP contribution < -0.4 is 5.32 Å². The Hall–Kier alpha value is -3.07. The van der Waals surface area contributed by atoms with E-state index < -0.39 is 0 Å². The molecule has 0 saturated carbocycles. The molecule has 0 atom stereocenters. The summed E-state index contributed by atoms with van der Waals surface area (Å²) in [5, 5.41) is 19.4. The lowest BCUT2D eigenvalue weighted by Crippen LogP contribution is -2.26. The van der Waals surface area contributed by atoms with Crippen molar-refractivity contribution in [1.82, 2.24) is 35.3 Å². The number of nitrogens with zero attached hydrogens (tertiary/aromatic N) is 6. The summed E-state index contributed by atoms with van der Waals surface area (Å²) in [5.74, 6) is 0.335. The normalized spacial score (nSPS) is 10.8. The van der Waals surface area contributed by atoms with Crippen LogP contribution in [0.2, 0.25) is 0 Å². The predicted molar refractivity (Wildman–Crippen MR) is 94.3 cm³/mol. The maximum Gasteiger partial charge on any atom is 0.271 e. The summed E-state index contributed by atoms with van der Waals surface area (Å²) in [6.45, 7) is 4.08. The van der Waals surface area contributed by atoms with Crippen molar-refractivity contribution in [2.24, 2.45) is 0 Å². The molecule has 1 amide bonds. The molecular formula is C17H21N7O2. The molecule has 0 unspecified atom stereocenters. The van der Waals surface area contributed by atoms with E-state index in [0.29, 0.717) is 31.3 Å². The second kappa shape index (κ2) is 8.86. The summed E-state index contributed by atoms with van der Waals surface area (Å²) in [7, 11) is 0. The van der Waals surface area contributed by atoms with Crippen molar-refractivity contribution in [1.29, 1.82) is 0 Å². The summed E-state index contributed by atoms with van der Waals surface area (Å²) in [4.78, 5) is 13.5. The van der Waals surface area contributed by atoms with Gasteiger partial charge in [-0.05, 0) is 24.6 Å². The number of aromatic nitrogens is 6. The number of hydrogen-bond acceptors (Lipinski definition) is 6. The minimum atomic E-state index is -0.211. The Labute approximate surface area is 151 Å². The Bertz CT molecular complexity index is 829. The number of tetrazole rings is 1. The number of nitrogens with one attached hydrogen (secondary N) is 1. The number of benzene rings is 1. The highest BCUT2D eigenvalue weighted by molar-refractivity contribution is 5.92. The van der Waals surface area contributed by atoms with E-state index in [2.05, 4.69) is 25.8 Å². The molecule has 3 aromatic rings. The van der Waals surface area contributed by atoms with Crippen LogP contribution in [0.3, 0.4) is 0 Å². The van der Waals surface area contributed by atoms with Gasteiger partial charge >= 0.3 is 0 Å². The second-order valence-electron chi connectivity index (χ2n) is 5.54. The maximum absolute atomic E-state index is 12.1. The Morgan fingerprint density at radius 1 is 1.19 bits per heavy atom. The number of hydrogen-bond donors (Lipinski definition) is 1. The molecule has 0 bridgehead atoms. The molecule has 1 aromatic carbocycles. The first-order valence-corrected chi connectivity index (χ1v) is 8.49. The van der Waals surface area contributed by atoms with Gasteiger partial charge in [-0.3, -0.25) is 4.79 Å². The van der Waals surface area contributed by atoms with Gasteiger partial charge in [0.15, 0.2) is 6.67 Å². The Balaban J connectivity index is 1.54. The van der Waals surface area contributed by atoms with Gasteiger partial charge in [0, 0.05) is 31.5 Å². The molecule has 0 aliphatic carbocycles. The lowest BCUT2D eigenvalue weighted by Gasteiger charge is -2.03. The first-order chi connectivity index (χ1) is 12.8. The van der Waals surface area contributed by atoms with E-state index in [-0.39, 0.29) is 12.6 Å². The number of ether oxygens (including phenoxy) is 1. The van der Waals surface area contributed by atoms with Gasteiger partial charge in [0.25, 0.3) is 5.91 Å². The summed E-state index contributed by atoms with van der Waals surface area (Å²) in [6.07, 6.45) is 2.48. The molecule has 136 valence electrons. The smallest absolute Gasteiger partial charge is 0.271 e. The van der Waals surface area contributed by atoms with Gasteiger partial charge in [-0.1, -0.05) is 30.3 Å². The SMILES string of the molecule is CCOCCCNC(=O)c1ccn(Cn2nnc(-c3ccccc3)n2)n1. The van der Waals surface area contributed by atoms with Crippen LogP contribution in [0.15, 0.2) is 42.6 Å². The summed E-state index contributed by atoms with van der Waals surface area (Å²) in [5.41, 5.74) is 1.25. The van der Waals surface area contributed by atoms with Crippen molar-refractivity contribution in [3.05, 3.63) is 48.3 Å². The quantitative estimate of drug-likeness (QED) is 0.579. The highest BCUT2D eigenvalue weighted by Gasteiger charge is 2.10. The monoisotopic (exact) mass is 355 g/mol. The molecule has 0 spiro atoms. The number of amides is 1. The van der Waals surface area contributed by atoms with Gasteiger partial charge in [0.2, 0.25) is 5.82 Å². The van der Waals surface area contributed by atoms with E-state index >= 15 is 0 Å². The van der Waals surface area contributed by atoms with Crippen molar-refractivity contribution >= 4 is 5.91 Å². The van der Waals surface area contributed by atoms with E-state index in [1.807, 2.05) is 37.3 Å². The van der Waals surface area contributed by atoms with Gasteiger partial charge in [0.05, 0.1) is 0 Å². The Morgan fingerprint density at radius 3 is 2.85 bits per heavy atom. The molecule has 0 radical (unpaired) electrons. The van der Waals surface area contributed by atoms with Crippen LogP contribution in [-0.2, 0) is 11.4 Å².